The summed E-state index contributed by atoms with van der Waals surface area (Å²) in [6.45, 7) is 0. The average molecular weight is 416 g/mol. The topological polar surface area (TPSA) is 36.9 Å². The van der Waals surface area contributed by atoms with Crippen molar-refractivity contribution in [2.24, 2.45) is 0 Å². The highest BCUT2D eigenvalue weighted by atomic mass is 35.6. The van der Waals surface area contributed by atoms with Gasteiger partial charge >= 0.3 is 0 Å². The molecule has 0 spiro atoms. The van der Waals surface area contributed by atoms with Gasteiger partial charge in [-0.1, -0.05) is 34.8 Å². The number of benzene rings is 2. The molecule has 1 heterocycles. The van der Waals surface area contributed by atoms with E-state index in [9.17, 15) is 0 Å². The summed E-state index contributed by atoms with van der Waals surface area (Å²) in [5.74, 6) is 2.45. The van der Waals surface area contributed by atoms with Gasteiger partial charge in [0.15, 0.2) is 17.6 Å². The van der Waals surface area contributed by atoms with Crippen LogP contribution in [0.3, 0.4) is 0 Å². The third kappa shape index (κ3) is 3.68. The van der Waals surface area contributed by atoms with Crippen molar-refractivity contribution in [2.75, 3.05) is 21.3 Å². The van der Waals surface area contributed by atoms with Gasteiger partial charge in [-0.25, -0.2) is 0 Å². The van der Waals surface area contributed by atoms with Crippen LogP contribution in [0.5, 0.6) is 17.2 Å². The van der Waals surface area contributed by atoms with E-state index in [-0.39, 0.29) is 0 Å². The number of rotatable bonds is 4. The summed E-state index contributed by atoms with van der Waals surface area (Å²) in [5, 5.41) is 0. The van der Waals surface area contributed by atoms with Gasteiger partial charge in [0, 0.05) is 11.1 Å². The SMILES string of the molecule is COc1ccc(C2=Cc3cc(OC)c(OC)cc3[C@H](C(Cl)(Cl)Cl)O2)cc1. The van der Waals surface area contributed by atoms with E-state index in [1.807, 2.05) is 36.4 Å². The highest BCUT2D eigenvalue weighted by Crippen LogP contribution is 2.50. The lowest BCUT2D eigenvalue weighted by atomic mass is 9.97. The lowest BCUT2D eigenvalue weighted by Crippen LogP contribution is -2.23. The Morgan fingerprint density at radius 1 is 0.885 bits per heavy atom. The van der Waals surface area contributed by atoms with Gasteiger partial charge in [-0.05, 0) is 48.0 Å². The van der Waals surface area contributed by atoms with Crippen LogP contribution in [0.25, 0.3) is 11.8 Å². The first-order valence-electron chi connectivity index (χ1n) is 7.72. The second-order valence-corrected chi connectivity index (χ2v) is 7.98. The Bertz CT molecular complexity index is 826. The normalized spacial score (nSPS) is 16.2. The molecule has 4 nitrogen and oxygen atoms in total. The second-order valence-electron chi connectivity index (χ2n) is 5.61. The van der Waals surface area contributed by atoms with E-state index in [4.69, 9.17) is 53.8 Å². The zero-order chi connectivity index (χ0) is 18.9. The van der Waals surface area contributed by atoms with Crippen LogP contribution in [0.4, 0.5) is 0 Å². The quantitative estimate of drug-likeness (QED) is 0.604. The van der Waals surface area contributed by atoms with E-state index in [0.29, 0.717) is 22.8 Å². The molecular formula is C19H17Cl3O4. The Kier molecular flexibility index (Phi) is 5.47. The van der Waals surface area contributed by atoms with Gasteiger partial charge < -0.3 is 18.9 Å². The first-order valence-corrected chi connectivity index (χ1v) is 8.86. The summed E-state index contributed by atoms with van der Waals surface area (Å²) in [7, 11) is 4.74. The largest absolute Gasteiger partial charge is 0.497 e. The van der Waals surface area contributed by atoms with Crippen LogP contribution in [0.2, 0.25) is 0 Å². The molecule has 0 amide bonds. The smallest absolute Gasteiger partial charge is 0.231 e. The minimum Gasteiger partial charge on any atom is -0.497 e. The number of ether oxygens (including phenoxy) is 4. The molecule has 138 valence electrons. The second kappa shape index (κ2) is 7.47. The molecule has 1 aliphatic heterocycles. The molecule has 0 saturated carbocycles. The van der Waals surface area contributed by atoms with Crippen molar-refractivity contribution in [1.29, 1.82) is 0 Å². The number of fused-ring (bicyclic) bond motifs is 1. The number of hydrogen-bond donors (Lipinski definition) is 0. The van der Waals surface area contributed by atoms with Crippen molar-refractivity contribution in [3.8, 4) is 17.2 Å². The number of alkyl halides is 3. The van der Waals surface area contributed by atoms with Crippen LogP contribution in [0.15, 0.2) is 36.4 Å². The van der Waals surface area contributed by atoms with Crippen LogP contribution >= 0.6 is 34.8 Å². The van der Waals surface area contributed by atoms with E-state index in [2.05, 4.69) is 0 Å². The Morgan fingerprint density at radius 3 is 2.04 bits per heavy atom. The van der Waals surface area contributed by atoms with Crippen molar-refractivity contribution < 1.29 is 18.9 Å². The third-order valence-corrected chi connectivity index (χ3v) is 4.67. The summed E-state index contributed by atoms with van der Waals surface area (Å²) in [6, 6.07) is 11.0. The minimum absolute atomic E-state index is 0.537. The molecule has 1 atom stereocenters. The van der Waals surface area contributed by atoms with Gasteiger partial charge in [-0.15, -0.1) is 0 Å². The molecule has 2 aromatic carbocycles. The van der Waals surface area contributed by atoms with Gasteiger partial charge in [0.25, 0.3) is 0 Å². The average Bonchev–Trinajstić information content (AvgIpc) is 2.65. The maximum absolute atomic E-state index is 6.20. The molecule has 0 unspecified atom stereocenters. The highest BCUT2D eigenvalue weighted by Gasteiger charge is 2.40. The van der Waals surface area contributed by atoms with Crippen LogP contribution in [0.1, 0.15) is 22.8 Å². The van der Waals surface area contributed by atoms with Gasteiger partial charge in [-0.3, -0.25) is 0 Å². The van der Waals surface area contributed by atoms with Gasteiger partial charge in [0.1, 0.15) is 11.5 Å². The minimum atomic E-state index is -1.67. The number of methoxy groups -OCH3 is 3. The standard InChI is InChI=1S/C19H17Cl3O4/c1-23-13-6-4-11(5-7-13)15-8-12-9-16(24-2)17(25-3)10-14(12)18(26-15)19(20,21)22/h4-10,18H,1-3H3/t18-/m1/s1. The molecule has 26 heavy (non-hydrogen) atoms. The summed E-state index contributed by atoms with van der Waals surface area (Å²) in [6.07, 6.45) is 1.08. The van der Waals surface area contributed by atoms with E-state index >= 15 is 0 Å². The van der Waals surface area contributed by atoms with Crippen LogP contribution in [0, 0.1) is 0 Å². The number of halogens is 3. The van der Waals surface area contributed by atoms with Crippen LogP contribution < -0.4 is 14.2 Å². The molecule has 0 N–H and O–H groups in total. The highest BCUT2D eigenvalue weighted by molar-refractivity contribution is 6.68. The summed E-state index contributed by atoms with van der Waals surface area (Å²) in [5.41, 5.74) is 2.38. The fraction of sp³-hybridized carbons (Fsp3) is 0.263. The Hall–Kier alpha value is -1.75. The lowest BCUT2D eigenvalue weighted by molar-refractivity contribution is 0.170. The van der Waals surface area contributed by atoms with Crippen molar-refractivity contribution in [2.45, 2.75) is 9.90 Å². The zero-order valence-electron chi connectivity index (χ0n) is 14.4. The summed E-state index contributed by atoms with van der Waals surface area (Å²) in [4.78, 5) is 0. The van der Waals surface area contributed by atoms with E-state index < -0.39 is 9.90 Å². The van der Waals surface area contributed by atoms with Gasteiger partial charge in [-0.2, -0.15) is 0 Å². The lowest BCUT2D eigenvalue weighted by Gasteiger charge is -2.32. The molecule has 0 bridgehead atoms. The van der Waals surface area contributed by atoms with Crippen molar-refractivity contribution in [3.63, 3.8) is 0 Å². The third-order valence-electron chi connectivity index (χ3n) is 4.07. The van der Waals surface area contributed by atoms with Crippen LogP contribution in [-0.2, 0) is 4.74 Å². The van der Waals surface area contributed by atoms with E-state index in [1.165, 1.54) is 0 Å². The first kappa shape index (κ1) is 19.0. The summed E-state index contributed by atoms with van der Waals surface area (Å²) >= 11 is 18.6. The monoisotopic (exact) mass is 414 g/mol. The zero-order valence-corrected chi connectivity index (χ0v) is 16.7. The molecule has 0 aromatic heterocycles. The van der Waals surface area contributed by atoms with Crippen molar-refractivity contribution >= 4 is 46.6 Å². The van der Waals surface area contributed by atoms with E-state index in [1.54, 1.807) is 27.4 Å². The van der Waals surface area contributed by atoms with Crippen molar-refractivity contribution in [1.82, 2.24) is 0 Å². The van der Waals surface area contributed by atoms with Crippen molar-refractivity contribution in [3.05, 3.63) is 53.1 Å². The van der Waals surface area contributed by atoms with Gasteiger partial charge in [0.2, 0.25) is 3.79 Å². The summed E-state index contributed by atoms with van der Waals surface area (Å²) < 4.78 is 20.3. The van der Waals surface area contributed by atoms with Gasteiger partial charge in [0.05, 0.1) is 21.3 Å². The van der Waals surface area contributed by atoms with E-state index in [0.717, 1.165) is 16.9 Å². The molecule has 0 aliphatic carbocycles. The predicted octanol–water partition coefficient (Wildman–Crippen LogP) is 5.65. The molecule has 0 saturated heterocycles. The molecule has 1 aliphatic rings. The first-order chi connectivity index (χ1) is 12.4. The van der Waals surface area contributed by atoms with Crippen LogP contribution in [-0.4, -0.2) is 25.1 Å². The number of hydrogen-bond acceptors (Lipinski definition) is 4. The molecule has 0 fully saturated rings. The Labute approximate surface area is 167 Å². The fourth-order valence-corrected chi connectivity index (χ4v) is 3.26. The predicted molar refractivity (Wildman–Crippen MR) is 105 cm³/mol. The Morgan fingerprint density at radius 2 is 1.50 bits per heavy atom. The molecular weight excluding hydrogens is 399 g/mol. The maximum Gasteiger partial charge on any atom is 0.231 e. The molecule has 3 rings (SSSR count). The maximum atomic E-state index is 6.20. The fourth-order valence-electron chi connectivity index (χ4n) is 2.78. The Balaban J connectivity index is 2.13. The molecule has 0 radical (unpaired) electrons. The molecule has 7 heteroatoms. The molecule has 2 aromatic rings.